The van der Waals surface area contributed by atoms with Crippen LogP contribution in [0.1, 0.15) is 42.1 Å². The smallest absolute Gasteiger partial charge is 0.253 e. The highest BCUT2D eigenvalue weighted by atomic mass is 16.5. The Morgan fingerprint density at radius 1 is 0.971 bits per heavy atom. The van der Waals surface area contributed by atoms with Gasteiger partial charge in [-0.1, -0.05) is 37.3 Å². The third kappa shape index (κ3) is 7.37. The lowest BCUT2D eigenvalue weighted by Crippen LogP contribution is -2.49. The number of benzene rings is 2. The van der Waals surface area contributed by atoms with Crippen molar-refractivity contribution in [1.82, 2.24) is 14.7 Å². The van der Waals surface area contributed by atoms with Crippen molar-refractivity contribution in [2.45, 2.75) is 38.8 Å². The van der Waals surface area contributed by atoms with Gasteiger partial charge < -0.3 is 15.0 Å². The summed E-state index contributed by atoms with van der Waals surface area (Å²) in [5.74, 6) is 0.114. The first-order chi connectivity index (χ1) is 17.1. The number of anilines is 1. The van der Waals surface area contributed by atoms with Crippen molar-refractivity contribution in [3.8, 4) is 0 Å². The minimum Gasteiger partial charge on any atom is -0.379 e. The van der Waals surface area contributed by atoms with Crippen LogP contribution in [-0.2, 0) is 16.1 Å². The fraction of sp³-hybridized carbons (Fsp3) is 0.500. The van der Waals surface area contributed by atoms with E-state index in [4.69, 9.17) is 4.74 Å². The van der Waals surface area contributed by atoms with E-state index >= 15 is 0 Å². The topological polar surface area (TPSA) is 65.1 Å². The van der Waals surface area contributed by atoms with Gasteiger partial charge in [0.1, 0.15) is 0 Å². The summed E-state index contributed by atoms with van der Waals surface area (Å²) >= 11 is 0. The maximum Gasteiger partial charge on any atom is 0.253 e. The van der Waals surface area contributed by atoms with Gasteiger partial charge in [-0.25, -0.2) is 0 Å². The SMILES string of the molecule is CCCN(CC(=O)Nc1ccc(CN2CCOCC2)cc1)C1CCN(C(=O)c2ccccc2)CC1. The molecule has 2 heterocycles. The molecule has 0 atom stereocenters. The van der Waals surface area contributed by atoms with Crippen LogP contribution in [0.3, 0.4) is 0 Å². The van der Waals surface area contributed by atoms with Crippen LogP contribution in [-0.4, -0.2) is 85.0 Å². The number of amides is 2. The Labute approximate surface area is 209 Å². The molecule has 1 N–H and O–H groups in total. The molecule has 2 aliphatic rings. The Kier molecular flexibility index (Phi) is 9.28. The molecular formula is C28H38N4O3. The Morgan fingerprint density at radius 2 is 1.66 bits per heavy atom. The number of likely N-dealkylation sites (tertiary alicyclic amines) is 1. The van der Waals surface area contributed by atoms with E-state index in [0.29, 0.717) is 12.6 Å². The quantitative estimate of drug-likeness (QED) is 0.598. The number of hydrogen-bond donors (Lipinski definition) is 1. The van der Waals surface area contributed by atoms with Gasteiger partial charge in [-0.2, -0.15) is 0 Å². The average Bonchev–Trinajstić information content (AvgIpc) is 2.90. The highest BCUT2D eigenvalue weighted by Crippen LogP contribution is 2.19. The van der Waals surface area contributed by atoms with E-state index < -0.39 is 0 Å². The second-order valence-corrected chi connectivity index (χ2v) is 9.49. The van der Waals surface area contributed by atoms with Crippen LogP contribution in [0.25, 0.3) is 0 Å². The maximum atomic E-state index is 12.9. The summed E-state index contributed by atoms with van der Waals surface area (Å²) in [5.41, 5.74) is 2.82. The fourth-order valence-electron chi connectivity index (χ4n) is 4.97. The monoisotopic (exact) mass is 478 g/mol. The highest BCUT2D eigenvalue weighted by molar-refractivity contribution is 5.94. The molecule has 2 aromatic carbocycles. The molecule has 7 heteroatoms. The first-order valence-electron chi connectivity index (χ1n) is 12.9. The maximum absolute atomic E-state index is 12.9. The van der Waals surface area contributed by atoms with Crippen molar-refractivity contribution in [3.63, 3.8) is 0 Å². The molecule has 7 nitrogen and oxygen atoms in total. The number of ether oxygens (including phenoxy) is 1. The largest absolute Gasteiger partial charge is 0.379 e. The summed E-state index contributed by atoms with van der Waals surface area (Å²) in [6, 6.07) is 18.0. The summed E-state index contributed by atoms with van der Waals surface area (Å²) in [6.07, 6.45) is 2.77. The van der Waals surface area contributed by atoms with Gasteiger partial charge in [-0.3, -0.25) is 19.4 Å². The van der Waals surface area contributed by atoms with Gasteiger partial charge in [0.25, 0.3) is 5.91 Å². The van der Waals surface area contributed by atoms with Gasteiger partial charge in [0, 0.05) is 50.0 Å². The molecule has 4 rings (SSSR count). The minimum absolute atomic E-state index is 0.0159. The van der Waals surface area contributed by atoms with Gasteiger partial charge in [-0.15, -0.1) is 0 Å². The van der Waals surface area contributed by atoms with E-state index in [-0.39, 0.29) is 11.8 Å². The summed E-state index contributed by atoms with van der Waals surface area (Å²) in [7, 11) is 0. The minimum atomic E-state index is 0.0159. The number of hydrogen-bond acceptors (Lipinski definition) is 5. The molecule has 0 radical (unpaired) electrons. The first kappa shape index (κ1) is 25.4. The zero-order valence-electron chi connectivity index (χ0n) is 20.8. The summed E-state index contributed by atoms with van der Waals surface area (Å²) in [4.78, 5) is 32.2. The van der Waals surface area contributed by atoms with Crippen LogP contribution < -0.4 is 5.32 Å². The van der Waals surface area contributed by atoms with Crippen LogP contribution >= 0.6 is 0 Å². The van der Waals surface area contributed by atoms with Gasteiger partial charge in [0.05, 0.1) is 19.8 Å². The zero-order valence-corrected chi connectivity index (χ0v) is 20.8. The van der Waals surface area contributed by atoms with E-state index in [9.17, 15) is 9.59 Å². The lowest BCUT2D eigenvalue weighted by atomic mass is 10.0. The normalized spacial score (nSPS) is 17.5. The molecule has 0 aromatic heterocycles. The van der Waals surface area contributed by atoms with Gasteiger partial charge >= 0.3 is 0 Å². The highest BCUT2D eigenvalue weighted by Gasteiger charge is 2.28. The molecule has 2 aliphatic heterocycles. The molecule has 2 aromatic rings. The molecule has 0 spiro atoms. The lowest BCUT2D eigenvalue weighted by molar-refractivity contribution is -0.118. The average molecular weight is 479 g/mol. The fourth-order valence-corrected chi connectivity index (χ4v) is 4.97. The number of nitrogens with zero attached hydrogens (tertiary/aromatic N) is 3. The lowest BCUT2D eigenvalue weighted by Gasteiger charge is -2.38. The van der Waals surface area contributed by atoms with E-state index in [1.165, 1.54) is 5.56 Å². The predicted molar refractivity (Wildman–Crippen MR) is 138 cm³/mol. The summed E-state index contributed by atoms with van der Waals surface area (Å²) in [5, 5.41) is 3.07. The number of nitrogens with one attached hydrogen (secondary N) is 1. The predicted octanol–water partition coefficient (Wildman–Crippen LogP) is 3.47. The molecule has 35 heavy (non-hydrogen) atoms. The molecule has 2 fully saturated rings. The third-order valence-corrected chi connectivity index (χ3v) is 6.89. The van der Waals surface area contributed by atoms with E-state index in [0.717, 1.165) is 83.0 Å². The number of morpholine rings is 1. The zero-order chi connectivity index (χ0) is 24.5. The summed E-state index contributed by atoms with van der Waals surface area (Å²) in [6.45, 7) is 9.28. The van der Waals surface area contributed by atoms with Crippen LogP contribution in [0.15, 0.2) is 54.6 Å². The van der Waals surface area contributed by atoms with Crippen LogP contribution in [0, 0.1) is 0 Å². The molecule has 0 bridgehead atoms. The number of carbonyl (C=O) groups is 2. The molecule has 188 valence electrons. The number of piperidine rings is 1. The molecule has 2 saturated heterocycles. The van der Waals surface area contributed by atoms with Crippen molar-refractivity contribution in [3.05, 3.63) is 65.7 Å². The van der Waals surface area contributed by atoms with Gasteiger partial charge in [0.15, 0.2) is 0 Å². The van der Waals surface area contributed by atoms with Crippen molar-refractivity contribution >= 4 is 17.5 Å². The van der Waals surface area contributed by atoms with Gasteiger partial charge in [0.2, 0.25) is 5.91 Å². The van der Waals surface area contributed by atoms with E-state index in [2.05, 4.69) is 34.2 Å². The molecule has 0 aliphatic carbocycles. The van der Waals surface area contributed by atoms with E-state index in [1.54, 1.807) is 0 Å². The van der Waals surface area contributed by atoms with Crippen LogP contribution in [0.2, 0.25) is 0 Å². The Morgan fingerprint density at radius 3 is 2.31 bits per heavy atom. The second kappa shape index (κ2) is 12.8. The van der Waals surface area contributed by atoms with Crippen LogP contribution in [0.5, 0.6) is 0 Å². The third-order valence-electron chi connectivity index (χ3n) is 6.89. The Hall–Kier alpha value is -2.74. The van der Waals surface area contributed by atoms with Crippen molar-refractivity contribution in [2.75, 3.05) is 57.8 Å². The van der Waals surface area contributed by atoms with Crippen molar-refractivity contribution in [1.29, 1.82) is 0 Å². The Bertz CT molecular complexity index is 936. The number of rotatable bonds is 9. The van der Waals surface area contributed by atoms with Gasteiger partial charge in [-0.05, 0) is 55.6 Å². The van der Waals surface area contributed by atoms with Crippen molar-refractivity contribution < 1.29 is 14.3 Å². The second-order valence-electron chi connectivity index (χ2n) is 9.49. The molecule has 0 saturated carbocycles. The first-order valence-corrected chi connectivity index (χ1v) is 12.9. The van der Waals surface area contributed by atoms with Crippen LogP contribution in [0.4, 0.5) is 5.69 Å². The molecule has 0 unspecified atom stereocenters. The molecular weight excluding hydrogens is 440 g/mol. The van der Waals surface area contributed by atoms with E-state index in [1.807, 2.05) is 47.4 Å². The number of carbonyl (C=O) groups excluding carboxylic acids is 2. The Balaban J connectivity index is 1.25. The van der Waals surface area contributed by atoms with Crippen molar-refractivity contribution in [2.24, 2.45) is 0 Å². The standard InChI is InChI=1S/C28H38N4O3/c1-2-14-32(26-12-15-31(16-13-26)28(34)24-6-4-3-5-7-24)22-27(33)29-25-10-8-23(9-11-25)21-30-17-19-35-20-18-30/h3-11,26H,2,12-22H2,1H3,(H,29,33). The summed E-state index contributed by atoms with van der Waals surface area (Å²) < 4.78 is 5.42. The molecule has 2 amide bonds.